The van der Waals surface area contributed by atoms with E-state index in [0.717, 1.165) is 30.8 Å². The van der Waals surface area contributed by atoms with Crippen LogP contribution in [0.25, 0.3) is 0 Å². The average Bonchev–Trinajstić information content (AvgIpc) is 3.29. The fourth-order valence-corrected chi connectivity index (χ4v) is 6.14. The van der Waals surface area contributed by atoms with Crippen molar-refractivity contribution in [3.05, 3.63) is 29.5 Å². The lowest BCUT2D eigenvalue weighted by atomic mass is 9.66. The van der Waals surface area contributed by atoms with E-state index in [2.05, 4.69) is 10.2 Å². The predicted octanol–water partition coefficient (Wildman–Crippen LogP) is 2.08. The third kappa shape index (κ3) is 2.70. The number of benzene rings is 1. The predicted molar refractivity (Wildman–Crippen MR) is 112 cm³/mol. The van der Waals surface area contributed by atoms with Crippen LogP contribution in [0, 0.1) is 11.8 Å². The van der Waals surface area contributed by atoms with Crippen LogP contribution in [-0.4, -0.2) is 63.3 Å². The number of ether oxygens (including phenoxy) is 4. The maximum atomic E-state index is 13.5. The third-order valence-electron chi connectivity index (χ3n) is 7.73. The Labute approximate surface area is 181 Å². The fraction of sp³-hybridized carbons (Fsp3) is 0.565. The van der Waals surface area contributed by atoms with E-state index in [1.807, 2.05) is 19.1 Å². The summed E-state index contributed by atoms with van der Waals surface area (Å²) in [5.41, 5.74) is 1.61. The van der Waals surface area contributed by atoms with Crippen LogP contribution in [0.5, 0.6) is 11.5 Å². The number of anilines is 1. The van der Waals surface area contributed by atoms with Crippen LogP contribution in [0.4, 0.5) is 5.69 Å². The van der Waals surface area contributed by atoms with Crippen molar-refractivity contribution < 1.29 is 28.5 Å². The second-order valence-corrected chi connectivity index (χ2v) is 8.85. The zero-order valence-electron chi connectivity index (χ0n) is 18.3. The first kappa shape index (κ1) is 20.2. The molecule has 0 bridgehead atoms. The van der Waals surface area contributed by atoms with E-state index in [4.69, 9.17) is 18.9 Å². The molecule has 166 valence electrons. The highest BCUT2D eigenvalue weighted by molar-refractivity contribution is 6.07. The number of esters is 1. The molecule has 2 fully saturated rings. The minimum absolute atomic E-state index is 0.00459. The quantitative estimate of drug-likeness (QED) is 0.738. The lowest BCUT2D eigenvalue weighted by Gasteiger charge is -2.48. The Morgan fingerprint density at radius 1 is 1.23 bits per heavy atom. The summed E-state index contributed by atoms with van der Waals surface area (Å²) in [4.78, 5) is 28.3. The maximum absolute atomic E-state index is 13.5. The molecule has 1 spiro atoms. The van der Waals surface area contributed by atoms with Crippen LogP contribution in [-0.2, 0) is 24.5 Å². The van der Waals surface area contributed by atoms with E-state index in [-0.39, 0.29) is 35.9 Å². The lowest BCUT2D eigenvalue weighted by Crippen LogP contribution is -2.56. The smallest absolute Gasteiger partial charge is 0.337 e. The molecule has 4 heterocycles. The van der Waals surface area contributed by atoms with E-state index in [1.165, 1.54) is 7.11 Å². The number of nitrogens with one attached hydrogen (secondary N) is 1. The molecule has 0 aliphatic carbocycles. The van der Waals surface area contributed by atoms with Gasteiger partial charge in [0.15, 0.2) is 11.5 Å². The number of nitrogens with zero attached hydrogens (tertiary/aromatic N) is 1. The van der Waals surface area contributed by atoms with Crippen molar-refractivity contribution in [1.29, 1.82) is 0 Å². The van der Waals surface area contributed by atoms with Gasteiger partial charge in [-0.2, -0.15) is 0 Å². The molecule has 1 amide bonds. The summed E-state index contributed by atoms with van der Waals surface area (Å²) in [6.07, 6.45) is 2.98. The van der Waals surface area contributed by atoms with Gasteiger partial charge in [-0.1, -0.05) is 0 Å². The van der Waals surface area contributed by atoms with Crippen molar-refractivity contribution in [3.63, 3.8) is 0 Å². The van der Waals surface area contributed by atoms with Crippen LogP contribution in [0.3, 0.4) is 0 Å². The number of piperidine rings is 1. The van der Waals surface area contributed by atoms with Crippen molar-refractivity contribution >= 4 is 17.6 Å². The Hall–Kier alpha value is -2.74. The van der Waals surface area contributed by atoms with Gasteiger partial charge in [0.1, 0.15) is 0 Å². The fourth-order valence-electron chi connectivity index (χ4n) is 6.14. The molecule has 0 saturated carbocycles. The van der Waals surface area contributed by atoms with Crippen LogP contribution in [0.1, 0.15) is 25.3 Å². The first-order valence-electron chi connectivity index (χ1n) is 10.7. The van der Waals surface area contributed by atoms with Gasteiger partial charge >= 0.3 is 5.97 Å². The summed E-state index contributed by atoms with van der Waals surface area (Å²) in [6, 6.07) is 3.75. The summed E-state index contributed by atoms with van der Waals surface area (Å²) in [5.74, 6) is 1.02. The number of hydrogen-bond acceptors (Lipinski definition) is 7. The number of fused-ring (bicyclic) bond motifs is 5. The Kier molecular flexibility index (Phi) is 4.66. The first-order chi connectivity index (χ1) is 14.9. The highest BCUT2D eigenvalue weighted by atomic mass is 16.5. The second kappa shape index (κ2) is 7.15. The summed E-state index contributed by atoms with van der Waals surface area (Å²) in [5, 5.41) is 3.08. The van der Waals surface area contributed by atoms with E-state index < -0.39 is 5.41 Å². The Bertz CT molecular complexity index is 975. The number of amides is 1. The standard InChI is InChI=1S/C23H28N2O6/c1-12-14-10-25-6-5-23(20(25)7-13(14)15(11-31-12)21(26)30-4)16-8-18(28-2)19(29-3)9-17(16)24-22(23)27/h8-9,11-14,20H,5-7,10H2,1-4H3,(H,24,27)/t12-,13?,14-,20-,23-/m0/s1. The Morgan fingerprint density at radius 2 is 1.97 bits per heavy atom. The van der Waals surface area contributed by atoms with Crippen molar-refractivity contribution in [3.8, 4) is 11.5 Å². The van der Waals surface area contributed by atoms with Crippen molar-refractivity contribution in [2.45, 2.75) is 37.3 Å². The molecule has 8 heteroatoms. The molecule has 1 unspecified atom stereocenters. The topological polar surface area (TPSA) is 86.3 Å². The van der Waals surface area contributed by atoms with E-state index in [0.29, 0.717) is 23.5 Å². The summed E-state index contributed by atoms with van der Waals surface area (Å²) in [7, 11) is 4.58. The largest absolute Gasteiger partial charge is 0.497 e. The highest BCUT2D eigenvalue weighted by Gasteiger charge is 2.61. The summed E-state index contributed by atoms with van der Waals surface area (Å²) >= 11 is 0. The molecular formula is C23H28N2O6. The lowest BCUT2D eigenvalue weighted by molar-refractivity contribution is -0.139. The molecule has 1 aromatic rings. The SMILES string of the molecule is COC(=O)C1=CO[C@@H](C)[C@@H]2CN3CC[C@@]4(C(=O)Nc5cc(OC)c(OC)cc54)[C@@H]3CC12. The monoisotopic (exact) mass is 428 g/mol. The van der Waals surface area contributed by atoms with Gasteiger partial charge in [0, 0.05) is 36.2 Å². The number of rotatable bonds is 3. The van der Waals surface area contributed by atoms with Gasteiger partial charge in [-0.25, -0.2) is 4.79 Å². The van der Waals surface area contributed by atoms with Crippen molar-refractivity contribution in [2.75, 3.05) is 39.7 Å². The van der Waals surface area contributed by atoms with Crippen molar-refractivity contribution in [1.82, 2.24) is 4.90 Å². The van der Waals surface area contributed by atoms with Gasteiger partial charge in [-0.15, -0.1) is 0 Å². The first-order valence-corrected chi connectivity index (χ1v) is 10.7. The van der Waals surface area contributed by atoms with Crippen LogP contribution >= 0.6 is 0 Å². The maximum Gasteiger partial charge on any atom is 0.337 e. The molecule has 2 saturated heterocycles. The zero-order chi connectivity index (χ0) is 21.9. The van der Waals surface area contributed by atoms with E-state index in [1.54, 1.807) is 20.5 Å². The Balaban J connectivity index is 1.57. The molecule has 31 heavy (non-hydrogen) atoms. The van der Waals surface area contributed by atoms with Gasteiger partial charge in [0.05, 0.1) is 44.7 Å². The highest BCUT2D eigenvalue weighted by Crippen LogP contribution is 2.55. The minimum Gasteiger partial charge on any atom is -0.497 e. The molecule has 1 N–H and O–H groups in total. The zero-order valence-corrected chi connectivity index (χ0v) is 18.3. The molecule has 0 radical (unpaired) electrons. The second-order valence-electron chi connectivity index (χ2n) is 8.85. The van der Waals surface area contributed by atoms with Gasteiger partial charge < -0.3 is 24.3 Å². The minimum atomic E-state index is -0.678. The van der Waals surface area contributed by atoms with Gasteiger partial charge in [-0.3, -0.25) is 9.69 Å². The van der Waals surface area contributed by atoms with E-state index in [9.17, 15) is 9.59 Å². The molecule has 5 rings (SSSR count). The van der Waals surface area contributed by atoms with Crippen LogP contribution in [0.2, 0.25) is 0 Å². The summed E-state index contributed by atoms with van der Waals surface area (Å²) < 4.78 is 21.8. The molecular weight excluding hydrogens is 400 g/mol. The number of hydrogen-bond donors (Lipinski definition) is 1. The molecule has 4 aliphatic heterocycles. The number of methoxy groups -OCH3 is 3. The normalized spacial score (nSPS) is 33.5. The van der Waals surface area contributed by atoms with Crippen molar-refractivity contribution in [2.24, 2.45) is 11.8 Å². The van der Waals surface area contributed by atoms with Gasteiger partial charge in [0.25, 0.3) is 0 Å². The van der Waals surface area contributed by atoms with Crippen LogP contribution in [0.15, 0.2) is 24.0 Å². The number of carbonyl (C=O) groups excluding carboxylic acids is 2. The molecule has 1 aromatic carbocycles. The summed E-state index contributed by atoms with van der Waals surface area (Å²) in [6.45, 7) is 3.64. The molecule has 0 aromatic heterocycles. The molecule has 5 atom stereocenters. The van der Waals surface area contributed by atoms with Crippen LogP contribution < -0.4 is 14.8 Å². The third-order valence-corrected chi connectivity index (χ3v) is 7.73. The molecule has 4 aliphatic rings. The molecule has 8 nitrogen and oxygen atoms in total. The van der Waals surface area contributed by atoms with Gasteiger partial charge in [0.2, 0.25) is 5.91 Å². The van der Waals surface area contributed by atoms with Gasteiger partial charge in [-0.05, 0) is 37.9 Å². The Morgan fingerprint density at radius 3 is 2.68 bits per heavy atom. The van der Waals surface area contributed by atoms with E-state index >= 15 is 0 Å². The average molecular weight is 428 g/mol. The number of carbonyl (C=O) groups is 2.